The summed E-state index contributed by atoms with van der Waals surface area (Å²) in [6.45, 7) is 4.19. The summed E-state index contributed by atoms with van der Waals surface area (Å²) in [4.78, 5) is 0. The smallest absolute Gasteiger partial charge is 0.0881 e. The van der Waals surface area contributed by atoms with E-state index >= 15 is 0 Å². The van der Waals surface area contributed by atoms with Gasteiger partial charge in [-0.25, -0.2) is 0 Å². The van der Waals surface area contributed by atoms with E-state index in [0.29, 0.717) is 0 Å². The Morgan fingerprint density at radius 1 is 1.53 bits per heavy atom. The molecule has 0 spiro atoms. The van der Waals surface area contributed by atoms with E-state index in [1.807, 2.05) is 19.3 Å². The Kier molecular flexibility index (Phi) is 3.88. The molecule has 0 saturated heterocycles. The summed E-state index contributed by atoms with van der Waals surface area (Å²) in [6, 6.07) is 1.78. The molecule has 1 aromatic rings. The second-order valence-corrected chi connectivity index (χ2v) is 3.87. The largest absolute Gasteiger partial charge is 0.376 e. The summed E-state index contributed by atoms with van der Waals surface area (Å²) in [7, 11) is 3.61. The lowest BCUT2D eigenvalue weighted by atomic mass is 9.87. The number of nitrogens with zero attached hydrogens (tertiary/aromatic N) is 2. The Hall–Kier alpha value is -0.870. The van der Waals surface area contributed by atoms with Crippen molar-refractivity contribution in [3.63, 3.8) is 0 Å². The molecule has 0 saturated carbocycles. The molecular formula is C11H21N3O. The molecular weight excluding hydrogens is 190 g/mol. The molecule has 1 rings (SSSR count). The number of nitrogens with two attached hydrogens (primary N) is 1. The van der Waals surface area contributed by atoms with Gasteiger partial charge in [-0.3, -0.25) is 4.68 Å². The highest BCUT2D eigenvalue weighted by atomic mass is 16.5. The standard InChI is InChI=1S/C11H21N3O/c1-5-11(6-2,15-4)10(12)9-7-8-14(3)13-9/h7-8,10H,5-6,12H2,1-4H3. The Morgan fingerprint density at radius 2 is 2.13 bits per heavy atom. The molecule has 2 N–H and O–H groups in total. The van der Waals surface area contributed by atoms with E-state index in [2.05, 4.69) is 18.9 Å². The third-order valence-corrected chi connectivity index (χ3v) is 3.22. The van der Waals surface area contributed by atoms with E-state index < -0.39 is 0 Å². The van der Waals surface area contributed by atoms with Crippen molar-refractivity contribution in [2.24, 2.45) is 12.8 Å². The van der Waals surface area contributed by atoms with Crippen LogP contribution in [0.25, 0.3) is 0 Å². The summed E-state index contributed by atoms with van der Waals surface area (Å²) in [6.07, 6.45) is 3.68. The van der Waals surface area contributed by atoms with Gasteiger partial charge in [-0.05, 0) is 18.9 Å². The molecule has 0 aliphatic rings. The van der Waals surface area contributed by atoms with Crippen molar-refractivity contribution in [2.75, 3.05) is 7.11 Å². The predicted molar refractivity (Wildman–Crippen MR) is 60.5 cm³/mol. The van der Waals surface area contributed by atoms with E-state index in [9.17, 15) is 0 Å². The molecule has 0 aromatic carbocycles. The minimum absolute atomic E-state index is 0.168. The summed E-state index contributed by atoms with van der Waals surface area (Å²) in [5.74, 6) is 0. The number of aromatic nitrogens is 2. The molecule has 0 aliphatic heterocycles. The van der Waals surface area contributed by atoms with Crippen LogP contribution in [0.15, 0.2) is 12.3 Å². The van der Waals surface area contributed by atoms with Crippen molar-refractivity contribution in [2.45, 2.75) is 38.3 Å². The lowest BCUT2D eigenvalue weighted by Gasteiger charge is -2.35. The normalized spacial score (nSPS) is 14.2. The first-order valence-electron chi connectivity index (χ1n) is 5.40. The van der Waals surface area contributed by atoms with Gasteiger partial charge in [-0.15, -0.1) is 0 Å². The van der Waals surface area contributed by atoms with Crippen molar-refractivity contribution in [1.29, 1.82) is 0 Å². The van der Waals surface area contributed by atoms with Gasteiger partial charge < -0.3 is 10.5 Å². The van der Waals surface area contributed by atoms with Crippen molar-refractivity contribution >= 4 is 0 Å². The van der Waals surface area contributed by atoms with Crippen LogP contribution in [0.4, 0.5) is 0 Å². The van der Waals surface area contributed by atoms with Gasteiger partial charge in [0, 0.05) is 20.4 Å². The van der Waals surface area contributed by atoms with Crippen LogP contribution >= 0.6 is 0 Å². The minimum atomic E-state index is -0.297. The summed E-state index contributed by atoms with van der Waals surface area (Å²) in [5, 5.41) is 4.33. The van der Waals surface area contributed by atoms with Crippen LogP contribution in [0, 0.1) is 0 Å². The predicted octanol–water partition coefficient (Wildman–Crippen LogP) is 1.63. The molecule has 0 bridgehead atoms. The van der Waals surface area contributed by atoms with Crippen molar-refractivity contribution in [3.05, 3.63) is 18.0 Å². The third-order valence-electron chi connectivity index (χ3n) is 3.22. The van der Waals surface area contributed by atoms with Gasteiger partial charge in [-0.2, -0.15) is 5.10 Å². The van der Waals surface area contributed by atoms with Crippen LogP contribution in [0.1, 0.15) is 38.4 Å². The Balaban J connectivity index is 2.94. The van der Waals surface area contributed by atoms with E-state index in [1.165, 1.54) is 0 Å². The number of methoxy groups -OCH3 is 1. The van der Waals surface area contributed by atoms with Gasteiger partial charge in [-0.1, -0.05) is 13.8 Å². The average molecular weight is 211 g/mol. The lowest BCUT2D eigenvalue weighted by molar-refractivity contribution is -0.0396. The van der Waals surface area contributed by atoms with E-state index in [4.69, 9.17) is 10.5 Å². The fourth-order valence-electron chi connectivity index (χ4n) is 1.97. The van der Waals surface area contributed by atoms with E-state index in [0.717, 1.165) is 18.5 Å². The maximum atomic E-state index is 6.22. The molecule has 0 aliphatic carbocycles. The molecule has 4 nitrogen and oxygen atoms in total. The fraction of sp³-hybridized carbons (Fsp3) is 0.727. The van der Waals surface area contributed by atoms with Gasteiger partial charge in [0.15, 0.2) is 0 Å². The van der Waals surface area contributed by atoms with E-state index in [1.54, 1.807) is 11.8 Å². The lowest BCUT2D eigenvalue weighted by Crippen LogP contribution is -2.42. The molecule has 1 heterocycles. The van der Waals surface area contributed by atoms with Crippen LogP contribution in [-0.2, 0) is 11.8 Å². The molecule has 1 aromatic heterocycles. The highest BCUT2D eigenvalue weighted by molar-refractivity contribution is 5.11. The minimum Gasteiger partial charge on any atom is -0.376 e. The maximum Gasteiger partial charge on any atom is 0.0881 e. The second kappa shape index (κ2) is 4.77. The molecule has 0 fully saturated rings. The summed E-state index contributed by atoms with van der Waals surface area (Å²) >= 11 is 0. The monoisotopic (exact) mass is 211 g/mol. The first-order valence-corrected chi connectivity index (χ1v) is 5.40. The van der Waals surface area contributed by atoms with Gasteiger partial charge in [0.2, 0.25) is 0 Å². The second-order valence-electron chi connectivity index (χ2n) is 3.87. The van der Waals surface area contributed by atoms with Crippen LogP contribution < -0.4 is 5.73 Å². The van der Waals surface area contributed by atoms with E-state index in [-0.39, 0.29) is 11.6 Å². The topological polar surface area (TPSA) is 53.1 Å². The Labute approximate surface area is 91.4 Å². The highest BCUT2D eigenvalue weighted by Gasteiger charge is 2.35. The first kappa shape index (κ1) is 12.2. The zero-order chi connectivity index (χ0) is 11.5. The Morgan fingerprint density at radius 3 is 2.47 bits per heavy atom. The molecule has 0 radical (unpaired) electrons. The molecule has 1 unspecified atom stereocenters. The first-order chi connectivity index (χ1) is 7.09. The summed E-state index contributed by atoms with van der Waals surface area (Å²) < 4.78 is 7.35. The molecule has 86 valence electrons. The zero-order valence-corrected chi connectivity index (χ0v) is 10.0. The van der Waals surface area contributed by atoms with Crippen LogP contribution in [0.2, 0.25) is 0 Å². The number of ether oxygens (including phenoxy) is 1. The quantitative estimate of drug-likeness (QED) is 0.805. The SMILES string of the molecule is CCC(CC)(OC)C(N)c1ccn(C)n1. The van der Waals surface area contributed by atoms with Crippen LogP contribution in [-0.4, -0.2) is 22.5 Å². The van der Waals surface area contributed by atoms with Gasteiger partial charge in [0.05, 0.1) is 17.3 Å². The molecule has 1 atom stereocenters. The van der Waals surface area contributed by atoms with Gasteiger partial charge in [0.25, 0.3) is 0 Å². The van der Waals surface area contributed by atoms with Crippen LogP contribution in [0.5, 0.6) is 0 Å². The number of hydrogen-bond acceptors (Lipinski definition) is 3. The fourth-order valence-corrected chi connectivity index (χ4v) is 1.97. The Bertz CT molecular complexity index is 296. The molecule has 15 heavy (non-hydrogen) atoms. The van der Waals surface area contributed by atoms with Gasteiger partial charge >= 0.3 is 0 Å². The molecule has 4 heteroatoms. The highest BCUT2D eigenvalue weighted by Crippen LogP contribution is 2.31. The summed E-state index contributed by atoms with van der Waals surface area (Å²) in [5.41, 5.74) is 6.81. The third kappa shape index (κ3) is 2.21. The van der Waals surface area contributed by atoms with Crippen LogP contribution in [0.3, 0.4) is 0 Å². The van der Waals surface area contributed by atoms with Crippen molar-refractivity contribution in [1.82, 2.24) is 9.78 Å². The number of rotatable bonds is 5. The number of hydrogen-bond donors (Lipinski definition) is 1. The zero-order valence-electron chi connectivity index (χ0n) is 10.0. The average Bonchev–Trinajstić information content (AvgIpc) is 2.68. The number of aryl methyl sites for hydroxylation is 1. The molecule has 0 amide bonds. The maximum absolute atomic E-state index is 6.22. The van der Waals surface area contributed by atoms with Crippen molar-refractivity contribution < 1.29 is 4.74 Å². The van der Waals surface area contributed by atoms with Crippen molar-refractivity contribution in [3.8, 4) is 0 Å². The van der Waals surface area contributed by atoms with Gasteiger partial charge in [0.1, 0.15) is 0 Å².